The molecule has 2 nitrogen and oxygen atoms in total. The first-order valence-electron chi connectivity index (χ1n) is 5.71. The highest BCUT2D eigenvalue weighted by molar-refractivity contribution is 4.77. The van der Waals surface area contributed by atoms with Crippen LogP contribution in [0.1, 0.15) is 45.4 Å². The molecule has 0 amide bonds. The minimum atomic E-state index is 0.344. The van der Waals surface area contributed by atoms with Crippen LogP contribution in [0.2, 0.25) is 0 Å². The molecule has 0 spiro atoms. The number of hydrogen-bond acceptors (Lipinski definition) is 2. The van der Waals surface area contributed by atoms with Gasteiger partial charge in [0.25, 0.3) is 0 Å². The van der Waals surface area contributed by atoms with Crippen LogP contribution in [0.5, 0.6) is 0 Å². The summed E-state index contributed by atoms with van der Waals surface area (Å²) in [5, 5.41) is 12.4. The van der Waals surface area contributed by atoms with Gasteiger partial charge in [-0.25, -0.2) is 0 Å². The van der Waals surface area contributed by atoms with Crippen molar-refractivity contribution in [3.63, 3.8) is 0 Å². The molecule has 1 aliphatic rings. The summed E-state index contributed by atoms with van der Waals surface area (Å²) in [4.78, 5) is 0. The summed E-state index contributed by atoms with van der Waals surface area (Å²) in [5.74, 6) is 0.690. The first kappa shape index (κ1) is 11.0. The maximum Gasteiger partial charge on any atom is 0.0434 e. The third-order valence-corrected chi connectivity index (χ3v) is 3.03. The quantitative estimate of drug-likeness (QED) is 0.635. The summed E-state index contributed by atoms with van der Waals surface area (Å²) in [6.45, 7) is 3.67. The van der Waals surface area contributed by atoms with Gasteiger partial charge in [0.15, 0.2) is 0 Å². The Labute approximate surface area is 81.7 Å². The molecule has 0 bridgehead atoms. The zero-order chi connectivity index (χ0) is 9.52. The van der Waals surface area contributed by atoms with Crippen LogP contribution in [0.4, 0.5) is 0 Å². The second kappa shape index (κ2) is 6.39. The van der Waals surface area contributed by atoms with Crippen molar-refractivity contribution < 1.29 is 5.11 Å². The van der Waals surface area contributed by atoms with Crippen molar-refractivity contribution in [2.75, 3.05) is 13.2 Å². The predicted octanol–water partition coefficient (Wildman–Crippen LogP) is 1.93. The third-order valence-electron chi connectivity index (χ3n) is 3.03. The van der Waals surface area contributed by atoms with E-state index in [0.29, 0.717) is 12.5 Å². The van der Waals surface area contributed by atoms with Crippen molar-refractivity contribution in [1.29, 1.82) is 0 Å². The predicted molar refractivity (Wildman–Crippen MR) is 55.7 cm³/mol. The molecule has 1 saturated carbocycles. The highest BCUT2D eigenvalue weighted by atomic mass is 16.3. The Bertz CT molecular complexity index is 117. The van der Waals surface area contributed by atoms with E-state index in [1.807, 2.05) is 0 Å². The molecule has 1 unspecified atom stereocenters. The van der Waals surface area contributed by atoms with Crippen LogP contribution >= 0.6 is 0 Å². The number of aliphatic hydroxyl groups is 1. The normalized spacial score (nSPS) is 19.8. The third kappa shape index (κ3) is 4.10. The molecule has 78 valence electrons. The summed E-state index contributed by atoms with van der Waals surface area (Å²) in [5.41, 5.74) is 0. The van der Waals surface area contributed by atoms with Gasteiger partial charge in [-0.3, -0.25) is 0 Å². The van der Waals surface area contributed by atoms with Crippen LogP contribution < -0.4 is 5.32 Å². The molecule has 1 atom stereocenters. The van der Waals surface area contributed by atoms with Crippen LogP contribution in [-0.4, -0.2) is 24.3 Å². The molecule has 0 radical (unpaired) electrons. The highest BCUT2D eigenvalue weighted by Gasteiger charge is 2.17. The van der Waals surface area contributed by atoms with E-state index >= 15 is 0 Å². The van der Waals surface area contributed by atoms with Crippen molar-refractivity contribution in [1.82, 2.24) is 5.32 Å². The average Bonchev–Trinajstić information content (AvgIpc) is 2.02. The van der Waals surface area contributed by atoms with Crippen LogP contribution in [-0.2, 0) is 0 Å². The Balaban J connectivity index is 2.05. The Kier molecular flexibility index (Phi) is 5.40. The molecule has 0 aromatic carbocycles. The first-order chi connectivity index (χ1) is 6.36. The van der Waals surface area contributed by atoms with Crippen LogP contribution in [0.3, 0.4) is 0 Å². The topological polar surface area (TPSA) is 32.3 Å². The van der Waals surface area contributed by atoms with Crippen molar-refractivity contribution in [2.24, 2.45) is 5.92 Å². The van der Waals surface area contributed by atoms with Crippen LogP contribution in [0, 0.1) is 5.92 Å². The summed E-state index contributed by atoms with van der Waals surface area (Å²) < 4.78 is 0. The first-order valence-corrected chi connectivity index (χ1v) is 5.71. The van der Waals surface area contributed by atoms with Gasteiger partial charge in [-0.1, -0.05) is 19.8 Å². The van der Waals surface area contributed by atoms with Gasteiger partial charge in [0, 0.05) is 12.6 Å². The van der Waals surface area contributed by atoms with E-state index in [1.165, 1.54) is 32.1 Å². The van der Waals surface area contributed by atoms with Gasteiger partial charge in [-0.15, -0.1) is 0 Å². The number of rotatable bonds is 7. The lowest BCUT2D eigenvalue weighted by Gasteiger charge is -2.28. The maximum atomic E-state index is 8.87. The van der Waals surface area contributed by atoms with Gasteiger partial charge in [-0.2, -0.15) is 0 Å². The Hall–Kier alpha value is -0.0800. The van der Waals surface area contributed by atoms with Gasteiger partial charge in [0.1, 0.15) is 0 Å². The molecule has 2 heteroatoms. The Morgan fingerprint density at radius 3 is 2.62 bits per heavy atom. The van der Waals surface area contributed by atoms with E-state index in [2.05, 4.69) is 12.2 Å². The molecule has 0 saturated heterocycles. The minimum absolute atomic E-state index is 0.344. The number of nitrogens with one attached hydrogen (secondary N) is 1. The second-order valence-corrected chi connectivity index (χ2v) is 4.20. The molecule has 1 fully saturated rings. The van der Waals surface area contributed by atoms with E-state index in [1.54, 1.807) is 0 Å². The van der Waals surface area contributed by atoms with Gasteiger partial charge in [-0.05, 0) is 38.1 Å². The lowest BCUT2D eigenvalue weighted by molar-refractivity contribution is 0.236. The van der Waals surface area contributed by atoms with E-state index in [4.69, 9.17) is 5.11 Å². The molecular weight excluding hydrogens is 162 g/mol. The lowest BCUT2D eigenvalue weighted by Crippen LogP contribution is -2.38. The van der Waals surface area contributed by atoms with Gasteiger partial charge < -0.3 is 10.4 Å². The standard InChI is InChI=1S/C11H23NO/c1-2-4-10(7-8-13)9-12-11-5-3-6-11/h10-13H,2-9H2,1H3. The highest BCUT2D eigenvalue weighted by Crippen LogP contribution is 2.19. The molecule has 0 aromatic heterocycles. The minimum Gasteiger partial charge on any atom is -0.396 e. The fraction of sp³-hybridized carbons (Fsp3) is 1.00. The lowest BCUT2D eigenvalue weighted by atomic mass is 9.92. The maximum absolute atomic E-state index is 8.87. The SMILES string of the molecule is CCCC(CCO)CNC1CCC1. The number of aliphatic hydroxyl groups excluding tert-OH is 1. The van der Waals surface area contributed by atoms with Gasteiger partial charge in [0.05, 0.1) is 0 Å². The number of hydrogen-bond donors (Lipinski definition) is 2. The molecule has 1 rings (SSSR count). The summed E-state index contributed by atoms with van der Waals surface area (Å²) in [7, 11) is 0. The summed E-state index contributed by atoms with van der Waals surface area (Å²) >= 11 is 0. The fourth-order valence-electron chi connectivity index (χ4n) is 1.88. The smallest absolute Gasteiger partial charge is 0.0434 e. The van der Waals surface area contributed by atoms with Crippen LogP contribution in [0.25, 0.3) is 0 Å². The summed E-state index contributed by atoms with van der Waals surface area (Å²) in [6.07, 6.45) is 7.57. The zero-order valence-electron chi connectivity index (χ0n) is 8.76. The average molecular weight is 185 g/mol. The van der Waals surface area contributed by atoms with Crippen molar-refractivity contribution in [2.45, 2.75) is 51.5 Å². The molecule has 13 heavy (non-hydrogen) atoms. The van der Waals surface area contributed by atoms with E-state index in [9.17, 15) is 0 Å². The van der Waals surface area contributed by atoms with Crippen molar-refractivity contribution in [3.05, 3.63) is 0 Å². The molecule has 2 N–H and O–H groups in total. The van der Waals surface area contributed by atoms with E-state index in [-0.39, 0.29) is 0 Å². The van der Waals surface area contributed by atoms with Crippen LogP contribution in [0.15, 0.2) is 0 Å². The van der Waals surface area contributed by atoms with Crippen molar-refractivity contribution in [3.8, 4) is 0 Å². The molecule has 0 aliphatic heterocycles. The summed E-state index contributed by atoms with van der Waals surface area (Å²) in [6, 6.07) is 0.790. The zero-order valence-corrected chi connectivity index (χ0v) is 8.76. The molecule has 0 aromatic rings. The van der Waals surface area contributed by atoms with Gasteiger partial charge in [0.2, 0.25) is 0 Å². The second-order valence-electron chi connectivity index (χ2n) is 4.20. The van der Waals surface area contributed by atoms with Gasteiger partial charge >= 0.3 is 0 Å². The largest absolute Gasteiger partial charge is 0.396 e. The Morgan fingerprint density at radius 2 is 2.15 bits per heavy atom. The molecular formula is C11H23NO. The van der Waals surface area contributed by atoms with Crippen molar-refractivity contribution >= 4 is 0 Å². The monoisotopic (exact) mass is 185 g/mol. The molecule has 1 aliphatic carbocycles. The molecule has 0 heterocycles. The van der Waals surface area contributed by atoms with E-state index in [0.717, 1.165) is 19.0 Å². The van der Waals surface area contributed by atoms with E-state index < -0.39 is 0 Å². The fourth-order valence-corrected chi connectivity index (χ4v) is 1.88. The Morgan fingerprint density at radius 1 is 1.38 bits per heavy atom.